The minimum Gasteiger partial charge on any atom is -0.355 e. The average Bonchev–Trinajstić information content (AvgIpc) is 1.83. The van der Waals surface area contributed by atoms with E-state index in [9.17, 15) is 0 Å². The number of hydrazone groups is 1. The maximum Gasteiger partial charge on any atom is 0.117 e. The van der Waals surface area contributed by atoms with Gasteiger partial charge < -0.3 is 4.90 Å². The molecule has 0 aromatic rings. The van der Waals surface area contributed by atoms with E-state index in [1.54, 1.807) is 5.01 Å². The monoisotopic (exact) mass is 125 g/mol. The van der Waals surface area contributed by atoms with Gasteiger partial charge in [-0.1, -0.05) is 6.58 Å². The van der Waals surface area contributed by atoms with Crippen LogP contribution in [-0.4, -0.2) is 36.8 Å². The Kier molecular flexibility index (Phi) is 1.42. The second-order valence-corrected chi connectivity index (χ2v) is 2.12. The van der Waals surface area contributed by atoms with Crippen LogP contribution in [0.25, 0.3) is 0 Å². The summed E-state index contributed by atoms with van der Waals surface area (Å²) in [4.78, 5) is 2.03. The van der Waals surface area contributed by atoms with Crippen molar-refractivity contribution in [3.63, 3.8) is 0 Å². The van der Waals surface area contributed by atoms with E-state index in [0.29, 0.717) is 0 Å². The van der Waals surface area contributed by atoms with Gasteiger partial charge in [0.2, 0.25) is 0 Å². The van der Waals surface area contributed by atoms with Crippen molar-refractivity contribution in [1.82, 2.24) is 9.91 Å². The first-order valence-corrected chi connectivity index (χ1v) is 2.88. The van der Waals surface area contributed by atoms with Crippen molar-refractivity contribution in [1.29, 1.82) is 0 Å². The van der Waals surface area contributed by atoms with Crippen LogP contribution in [0.15, 0.2) is 17.5 Å². The molecule has 9 heavy (non-hydrogen) atoms. The SMILES string of the molecule is C=C1N(C)CC=NN1C. The van der Waals surface area contributed by atoms with Crippen molar-refractivity contribution in [2.24, 2.45) is 5.10 Å². The predicted molar refractivity (Wildman–Crippen MR) is 38.0 cm³/mol. The highest BCUT2D eigenvalue weighted by Crippen LogP contribution is 2.05. The van der Waals surface area contributed by atoms with Gasteiger partial charge in [0.15, 0.2) is 0 Å². The molecule has 0 radical (unpaired) electrons. The van der Waals surface area contributed by atoms with Crippen molar-refractivity contribution in [2.45, 2.75) is 0 Å². The highest BCUT2D eigenvalue weighted by atomic mass is 15.5. The zero-order valence-corrected chi connectivity index (χ0v) is 5.83. The second-order valence-electron chi connectivity index (χ2n) is 2.12. The normalized spacial score (nSPS) is 19.1. The molecule has 0 aromatic heterocycles. The molecule has 0 N–H and O–H groups in total. The van der Waals surface area contributed by atoms with Crippen molar-refractivity contribution < 1.29 is 0 Å². The Morgan fingerprint density at radius 2 is 2.33 bits per heavy atom. The minimum atomic E-state index is 0.864. The van der Waals surface area contributed by atoms with Crippen LogP contribution in [0, 0.1) is 0 Å². The fourth-order valence-electron chi connectivity index (χ4n) is 0.701. The zero-order valence-electron chi connectivity index (χ0n) is 5.83. The van der Waals surface area contributed by atoms with Crippen LogP contribution in [0.4, 0.5) is 0 Å². The standard InChI is InChI=1S/C6H11N3/c1-6-8(2)5-4-7-9(6)3/h4H,1,5H2,2-3H3. The third-order valence-corrected chi connectivity index (χ3v) is 1.42. The molecule has 0 saturated heterocycles. The van der Waals surface area contributed by atoms with E-state index in [-0.39, 0.29) is 0 Å². The van der Waals surface area contributed by atoms with Crippen LogP contribution in [0.3, 0.4) is 0 Å². The first-order valence-electron chi connectivity index (χ1n) is 2.88. The van der Waals surface area contributed by atoms with E-state index in [2.05, 4.69) is 11.7 Å². The van der Waals surface area contributed by atoms with Gasteiger partial charge in [-0.15, -0.1) is 0 Å². The summed E-state index contributed by atoms with van der Waals surface area (Å²) in [5, 5.41) is 5.78. The molecule has 0 spiro atoms. The highest BCUT2D eigenvalue weighted by Gasteiger charge is 2.07. The molecule has 3 heteroatoms. The summed E-state index contributed by atoms with van der Waals surface area (Å²) in [5.41, 5.74) is 0. The Morgan fingerprint density at radius 1 is 1.67 bits per heavy atom. The summed E-state index contributed by atoms with van der Waals surface area (Å²) in [5.74, 6) is 0.942. The van der Waals surface area contributed by atoms with Crippen LogP contribution in [0.2, 0.25) is 0 Å². The van der Waals surface area contributed by atoms with Gasteiger partial charge in [-0.25, -0.2) is 0 Å². The molecule has 1 aliphatic rings. The molecule has 3 nitrogen and oxygen atoms in total. The number of hydrogen-bond acceptors (Lipinski definition) is 3. The number of hydrogen-bond donors (Lipinski definition) is 0. The van der Waals surface area contributed by atoms with Crippen molar-refractivity contribution in [3.05, 3.63) is 12.4 Å². The van der Waals surface area contributed by atoms with E-state index in [4.69, 9.17) is 0 Å². The fraction of sp³-hybridized carbons (Fsp3) is 0.500. The van der Waals surface area contributed by atoms with Crippen LogP contribution in [0.1, 0.15) is 0 Å². The number of rotatable bonds is 0. The number of nitrogens with zero attached hydrogens (tertiary/aromatic N) is 3. The third kappa shape index (κ3) is 1.04. The summed E-state index contributed by atoms with van der Waals surface area (Å²) in [6.45, 7) is 4.68. The highest BCUT2D eigenvalue weighted by molar-refractivity contribution is 5.60. The van der Waals surface area contributed by atoms with Gasteiger partial charge in [0, 0.05) is 20.3 Å². The van der Waals surface area contributed by atoms with E-state index in [1.807, 2.05) is 25.2 Å². The van der Waals surface area contributed by atoms with Gasteiger partial charge in [0.05, 0.1) is 6.54 Å². The Bertz CT molecular complexity index is 150. The summed E-state index contributed by atoms with van der Waals surface area (Å²) in [6, 6.07) is 0. The molecule has 0 bridgehead atoms. The second kappa shape index (κ2) is 2.09. The molecule has 1 rings (SSSR count). The van der Waals surface area contributed by atoms with Gasteiger partial charge >= 0.3 is 0 Å². The Morgan fingerprint density at radius 3 is 2.78 bits per heavy atom. The third-order valence-electron chi connectivity index (χ3n) is 1.42. The van der Waals surface area contributed by atoms with Crippen LogP contribution in [0.5, 0.6) is 0 Å². The lowest BCUT2D eigenvalue weighted by Crippen LogP contribution is -2.32. The lowest BCUT2D eigenvalue weighted by atomic mass is 10.5. The topological polar surface area (TPSA) is 18.8 Å². The van der Waals surface area contributed by atoms with Crippen LogP contribution < -0.4 is 0 Å². The molecule has 1 aliphatic heterocycles. The van der Waals surface area contributed by atoms with E-state index in [1.165, 1.54) is 0 Å². The Hall–Kier alpha value is -0.990. The minimum absolute atomic E-state index is 0.864. The molecular formula is C6H11N3. The molecule has 0 atom stereocenters. The van der Waals surface area contributed by atoms with Gasteiger partial charge in [-0.2, -0.15) is 5.10 Å². The van der Waals surface area contributed by atoms with E-state index >= 15 is 0 Å². The maximum absolute atomic E-state index is 4.03. The lowest BCUT2D eigenvalue weighted by Gasteiger charge is -2.28. The smallest absolute Gasteiger partial charge is 0.117 e. The molecule has 0 saturated carbocycles. The van der Waals surface area contributed by atoms with Crippen LogP contribution in [-0.2, 0) is 0 Å². The first kappa shape index (κ1) is 6.13. The van der Waals surface area contributed by atoms with Crippen molar-refractivity contribution >= 4 is 6.21 Å². The van der Waals surface area contributed by atoms with Gasteiger partial charge in [-0.3, -0.25) is 5.01 Å². The molecule has 0 aliphatic carbocycles. The summed E-state index contributed by atoms with van der Waals surface area (Å²) in [7, 11) is 3.87. The van der Waals surface area contributed by atoms with E-state index < -0.39 is 0 Å². The Labute approximate surface area is 55.3 Å². The molecule has 0 unspecified atom stereocenters. The summed E-state index contributed by atoms with van der Waals surface area (Å²) < 4.78 is 0. The van der Waals surface area contributed by atoms with Crippen LogP contribution >= 0.6 is 0 Å². The lowest BCUT2D eigenvalue weighted by molar-refractivity contribution is 0.283. The zero-order chi connectivity index (χ0) is 6.85. The quantitative estimate of drug-likeness (QED) is 0.464. The van der Waals surface area contributed by atoms with Crippen molar-refractivity contribution in [2.75, 3.05) is 20.6 Å². The van der Waals surface area contributed by atoms with Gasteiger partial charge in [-0.05, 0) is 0 Å². The first-order chi connectivity index (χ1) is 4.22. The molecule has 0 aromatic carbocycles. The average molecular weight is 125 g/mol. The Balaban J connectivity index is 2.69. The molecule has 1 heterocycles. The predicted octanol–water partition coefficient (Wildman–Crippen LogP) is 0.321. The van der Waals surface area contributed by atoms with Crippen molar-refractivity contribution in [3.8, 4) is 0 Å². The van der Waals surface area contributed by atoms with Gasteiger partial charge in [0.25, 0.3) is 0 Å². The van der Waals surface area contributed by atoms with E-state index in [0.717, 1.165) is 12.4 Å². The maximum atomic E-state index is 4.03. The summed E-state index contributed by atoms with van der Waals surface area (Å²) >= 11 is 0. The molecular weight excluding hydrogens is 114 g/mol. The molecule has 50 valence electrons. The molecule has 0 amide bonds. The molecule has 0 fully saturated rings. The summed E-state index contributed by atoms with van der Waals surface area (Å²) in [6.07, 6.45) is 1.86. The fourth-order valence-corrected chi connectivity index (χ4v) is 0.701. The van der Waals surface area contributed by atoms with Gasteiger partial charge in [0.1, 0.15) is 5.82 Å². The largest absolute Gasteiger partial charge is 0.355 e.